The first kappa shape index (κ1) is 15.6. The van der Waals surface area contributed by atoms with E-state index < -0.39 is 11.7 Å². The molecule has 3 aromatic rings. The Kier molecular flexibility index (Phi) is 4.19. The fraction of sp³-hybridized carbons (Fsp3) is 0.125. The Morgan fingerprint density at radius 2 is 2.00 bits per heavy atom. The molecule has 122 valence electrons. The van der Waals surface area contributed by atoms with Crippen molar-refractivity contribution in [1.29, 1.82) is 0 Å². The number of halogens is 1. The maximum atomic E-state index is 13.2. The lowest BCUT2D eigenvalue weighted by molar-refractivity contribution is 0.102. The monoisotopic (exact) mass is 327 g/mol. The molecule has 3 rings (SSSR count). The Morgan fingerprint density at radius 3 is 2.71 bits per heavy atom. The molecule has 2 heterocycles. The molecular weight excluding hydrogens is 313 g/mol. The van der Waals surface area contributed by atoms with Crippen LogP contribution >= 0.6 is 0 Å². The van der Waals surface area contributed by atoms with Gasteiger partial charge in [-0.3, -0.25) is 4.79 Å². The smallest absolute Gasteiger partial charge is 0.274 e. The highest BCUT2D eigenvalue weighted by molar-refractivity contribution is 6.03. The molecule has 0 saturated heterocycles. The first-order valence-corrected chi connectivity index (χ1v) is 7.12. The van der Waals surface area contributed by atoms with E-state index in [2.05, 4.69) is 25.8 Å². The molecular formula is C16H14FN5O2. The summed E-state index contributed by atoms with van der Waals surface area (Å²) in [6.45, 7) is 3.49. The average Bonchev–Trinajstić information content (AvgIpc) is 2.91. The predicted molar refractivity (Wildman–Crippen MR) is 85.6 cm³/mol. The normalized spacial score (nSPS) is 10.5. The fourth-order valence-corrected chi connectivity index (χ4v) is 2.04. The molecule has 0 aliphatic heterocycles. The number of amides is 1. The van der Waals surface area contributed by atoms with Crippen LogP contribution in [0.15, 0.2) is 40.9 Å². The number of anilines is 3. The van der Waals surface area contributed by atoms with E-state index in [9.17, 15) is 9.18 Å². The van der Waals surface area contributed by atoms with Gasteiger partial charge >= 0.3 is 0 Å². The molecule has 0 bridgehead atoms. The van der Waals surface area contributed by atoms with E-state index in [0.717, 1.165) is 0 Å². The number of nitrogens with one attached hydrogen (secondary N) is 2. The summed E-state index contributed by atoms with van der Waals surface area (Å²) in [5.41, 5.74) is 1.09. The van der Waals surface area contributed by atoms with Gasteiger partial charge in [0.2, 0.25) is 5.95 Å². The zero-order valence-electron chi connectivity index (χ0n) is 13.0. The number of aryl methyl sites for hydroxylation is 2. The fourth-order valence-electron chi connectivity index (χ4n) is 2.04. The average molecular weight is 327 g/mol. The van der Waals surface area contributed by atoms with Crippen LogP contribution in [0.2, 0.25) is 0 Å². The molecule has 2 N–H and O–H groups in total. The van der Waals surface area contributed by atoms with Crippen LogP contribution in [0.4, 0.5) is 21.8 Å². The van der Waals surface area contributed by atoms with Crippen LogP contribution in [-0.4, -0.2) is 21.0 Å². The lowest BCUT2D eigenvalue weighted by atomic mass is 10.3. The van der Waals surface area contributed by atoms with E-state index in [1.54, 1.807) is 26.0 Å². The van der Waals surface area contributed by atoms with Gasteiger partial charge in [0.1, 0.15) is 17.3 Å². The summed E-state index contributed by atoms with van der Waals surface area (Å²) in [5.74, 6) is 0.386. The minimum Gasteiger partial charge on any atom is -0.360 e. The maximum absolute atomic E-state index is 13.2. The van der Waals surface area contributed by atoms with Crippen LogP contribution in [0, 0.1) is 19.7 Å². The van der Waals surface area contributed by atoms with Crippen molar-refractivity contribution < 1.29 is 13.7 Å². The largest absolute Gasteiger partial charge is 0.360 e. The number of hydrogen-bond acceptors (Lipinski definition) is 6. The quantitative estimate of drug-likeness (QED) is 0.764. The van der Waals surface area contributed by atoms with E-state index in [0.29, 0.717) is 23.0 Å². The van der Waals surface area contributed by atoms with E-state index in [1.807, 2.05) is 0 Å². The van der Waals surface area contributed by atoms with Gasteiger partial charge in [0.25, 0.3) is 5.91 Å². The van der Waals surface area contributed by atoms with Crippen molar-refractivity contribution in [2.24, 2.45) is 0 Å². The van der Waals surface area contributed by atoms with Gasteiger partial charge in [-0.2, -0.15) is 0 Å². The van der Waals surface area contributed by atoms with Crippen LogP contribution in [-0.2, 0) is 0 Å². The zero-order valence-corrected chi connectivity index (χ0v) is 13.0. The van der Waals surface area contributed by atoms with E-state index >= 15 is 0 Å². The van der Waals surface area contributed by atoms with Crippen molar-refractivity contribution in [3.8, 4) is 0 Å². The number of carbonyl (C=O) groups excluding carboxylic acids is 1. The van der Waals surface area contributed by atoms with E-state index in [1.165, 1.54) is 24.3 Å². The van der Waals surface area contributed by atoms with Crippen molar-refractivity contribution in [3.63, 3.8) is 0 Å². The Labute approximate surface area is 136 Å². The molecule has 0 aliphatic rings. The zero-order chi connectivity index (χ0) is 17.1. The van der Waals surface area contributed by atoms with Crippen LogP contribution in [0.5, 0.6) is 0 Å². The summed E-state index contributed by atoms with van der Waals surface area (Å²) in [6, 6.07) is 8.84. The van der Waals surface area contributed by atoms with Gasteiger partial charge in [0.05, 0.1) is 0 Å². The minimum atomic E-state index is -0.467. The molecule has 0 unspecified atom stereocenters. The molecule has 0 atom stereocenters. The molecule has 0 radical (unpaired) electrons. The summed E-state index contributed by atoms with van der Waals surface area (Å²) >= 11 is 0. The van der Waals surface area contributed by atoms with Gasteiger partial charge in [0, 0.05) is 17.4 Å². The van der Waals surface area contributed by atoms with E-state index in [-0.39, 0.29) is 11.6 Å². The van der Waals surface area contributed by atoms with Crippen LogP contribution < -0.4 is 10.6 Å². The molecule has 0 spiro atoms. The summed E-state index contributed by atoms with van der Waals surface area (Å²) in [7, 11) is 0. The number of benzene rings is 1. The molecule has 0 aliphatic carbocycles. The number of rotatable bonds is 4. The number of aromatic nitrogens is 3. The van der Waals surface area contributed by atoms with E-state index in [4.69, 9.17) is 4.52 Å². The topological polar surface area (TPSA) is 92.9 Å². The molecule has 0 saturated carbocycles. The third-order valence-corrected chi connectivity index (χ3v) is 3.04. The van der Waals surface area contributed by atoms with Gasteiger partial charge in [-0.1, -0.05) is 11.2 Å². The lowest BCUT2D eigenvalue weighted by Gasteiger charge is -2.07. The second kappa shape index (κ2) is 6.45. The molecule has 1 amide bonds. The molecule has 8 heteroatoms. The van der Waals surface area contributed by atoms with Crippen molar-refractivity contribution in [2.45, 2.75) is 13.8 Å². The Bertz CT molecular complexity index is 894. The Morgan fingerprint density at radius 1 is 1.17 bits per heavy atom. The minimum absolute atomic E-state index is 0.148. The predicted octanol–water partition coefficient (Wildman–Crippen LogP) is 3.22. The molecule has 24 heavy (non-hydrogen) atoms. The number of carbonyl (C=O) groups is 1. The Hall–Kier alpha value is -3.29. The van der Waals surface area contributed by atoms with Crippen molar-refractivity contribution in [1.82, 2.24) is 15.1 Å². The van der Waals surface area contributed by atoms with Crippen molar-refractivity contribution in [2.75, 3.05) is 10.6 Å². The van der Waals surface area contributed by atoms with Crippen LogP contribution in [0.25, 0.3) is 0 Å². The van der Waals surface area contributed by atoms with Gasteiger partial charge in [-0.25, -0.2) is 14.4 Å². The van der Waals surface area contributed by atoms with Gasteiger partial charge in [-0.15, -0.1) is 0 Å². The highest BCUT2D eigenvalue weighted by Gasteiger charge is 2.12. The second-order valence-electron chi connectivity index (χ2n) is 5.13. The van der Waals surface area contributed by atoms with Crippen molar-refractivity contribution in [3.05, 3.63) is 59.4 Å². The summed E-state index contributed by atoms with van der Waals surface area (Å²) in [6.07, 6.45) is 0. The van der Waals surface area contributed by atoms with Gasteiger partial charge in [-0.05, 0) is 38.1 Å². The Balaban J connectivity index is 1.81. The lowest BCUT2D eigenvalue weighted by Crippen LogP contribution is -2.15. The third kappa shape index (κ3) is 3.72. The summed E-state index contributed by atoms with van der Waals surface area (Å²) in [4.78, 5) is 20.6. The first-order valence-electron chi connectivity index (χ1n) is 7.12. The maximum Gasteiger partial charge on any atom is 0.274 e. The SMILES string of the molecule is Cc1cc(C(=O)Nc2cccc(F)c2)nc(Nc2cc(C)on2)n1. The third-order valence-electron chi connectivity index (χ3n) is 3.04. The standard InChI is InChI=1S/C16H14FN5O2/c1-9-6-13(15(23)19-12-5-3-4-11(17)8-12)20-16(18-9)21-14-7-10(2)24-22-14/h3-8H,1-2H3,(H,19,23)(H,18,20,21,22). The molecule has 7 nitrogen and oxygen atoms in total. The second-order valence-corrected chi connectivity index (χ2v) is 5.13. The van der Waals surface area contributed by atoms with Crippen LogP contribution in [0.3, 0.4) is 0 Å². The summed E-state index contributed by atoms with van der Waals surface area (Å²) < 4.78 is 18.1. The van der Waals surface area contributed by atoms with Crippen LogP contribution in [0.1, 0.15) is 21.9 Å². The molecule has 2 aromatic heterocycles. The summed E-state index contributed by atoms with van der Waals surface area (Å²) in [5, 5.41) is 9.24. The highest BCUT2D eigenvalue weighted by Crippen LogP contribution is 2.15. The molecule has 0 fully saturated rings. The highest BCUT2D eigenvalue weighted by atomic mass is 19.1. The molecule has 1 aromatic carbocycles. The number of hydrogen-bond donors (Lipinski definition) is 2. The number of nitrogens with zero attached hydrogens (tertiary/aromatic N) is 3. The van der Waals surface area contributed by atoms with Gasteiger partial charge < -0.3 is 15.2 Å². The first-order chi connectivity index (χ1) is 11.5. The van der Waals surface area contributed by atoms with Gasteiger partial charge in [0.15, 0.2) is 5.82 Å². The van der Waals surface area contributed by atoms with Crippen molar-refractivity contribution >= 4 is 23.4 Å².